The zero-order chi connectivity index (χ0) is 9.97. The second-order valence-corrected chi connectivity index (χ2v) is 3.98. The summed E-state index contributed by atoms with van der Waals surface area (Å²) in [5.41, 5.74) is 2.43. The van der Waals surface area contributed by atoms with Crippen molar-refractivity contribution in [2.45, 2.75) is 19.3 Å². The number of phenolic OH excluding ortho intramolecular Hbond substituents is 1. The van der Waals surface area contributed by atoms with E-state index in [4.69, 9.17) is 4.74 Å². The Morgan fingerprint density at radius 1 is 1.50 bits per heavy atom. The summed E-state index contributed by atoms with van der Waals surface area (Å²) in [6, 6.07) is 5.80. The second kappa shape index (κ2) is 4.01. The summed E-state index contributed by atoms with van der Waals surface area (Å²) < 4.78 is 5.16. The standard InChI is InChI=1S/C12H16O2/c1-14-8-9-5-6-11-10(7-9)3-2-4-12(11)13/h2-4,9,13H,5-8H2,1H3. The van der Waals surface area contributed by atoms with Crippen molar-refractivity contribution < 1.29 is 9.84 Å². The molecule has 2 heteroatoms. The molecule has 0 radical (unpaired) electrons. The van der Waals surface area contributed by atoms with Gasteiger partial charge in [-0.25, -0.2) is 0 Å². The fraction of sp³-hybridized carbons (Fsp3) is 0.500. The topological polar surface area (TPSA) is 29.5 Å². The molecule has 2 nitrogen and oxygen atoms in total. The maximum Gasteiger partial charge on any atom is 0.119 e. The van der Waals surface area contributed by atoms with Crippen LogP contribution in [0.2, 0.25) is 0 Å². The normalized spacial score (nSPS) is 20.5. The molecule has 0 saturated carbocycles. The average Bonchev–Trinajstić information content (AvgIpc) is 2.18. The Morgan fingerprint density at radius 2 is 2.36 bits per heavy atom. The highest BCUT2D eigenvalue weighted by molar-refractivity contribution is 5.40. The van der Waals surface area contributed by atoms with Crippen LogP contribution in [0.5, 0.6) is 5.75 Å². The predicted molar refractivity (Wildman–Crippen MR) is 55.5 cm³/mol. The number of hydrogen-bond acceptors (Lipinski definition) is 2. The van der Waals surface area contributed by atoms with E-state index in [1.807, 2.05) is 6.07 Å². The molecule has 1 aromatic rings. The molecule has 0 saturated heterocycles. The van der Waals surface area contributed by atoms with Gasteiger partial charge in [0.1, 0.15) is 5.75 Å². The van der Waals surface area contributed by atoms with Crippen molar-refractivity contribution in [2.24, 2.45) is 5.92 Å². The lowest BCUT2D eigenvalue weighted by atomic mass is 9.84. The number of rotatable bonds is 2. The quantitative estimate of drug-likeness (QED) is 0.778. The molecule has 0 aromatic heterocycles. The van der Waals surface area contributed by atoms with E-state index >= 15 is 0 Å². The molecule has 0 amide bonds. The van der Waals surface area contributed by atoms with Crippen LogP contribution in [0, 0.1) is 5.92 Å². The molecule has 76 valence electrons. The van der Waals surface area contributed by atoms with Gasteiger partial charge in [-0.05, 0) is 42.4 Å². The van der Waals surface area contributed by atoms with Crippen molar-refractivity contribution in [3.8, 4) is 5.75 Å². The van der Waals surface area contributed by atoms with Gasteiger partial charge in [0.2, 0.25) is 0 Å². The third-order valence-electron chi connectivity index (χ3n) is 2.96. The molecule has 0 fully saturated rings. The van der Waals surface area contributed by atoms with Gasteiger partial charge in [0, 0.05) is 13.7 Å². The van der Waals surface area contributed by atoms with Crippen LogP contribution in [0.4, 0.5) is 0 Å². The van der Waals surface area contributed by atoms with Crippen LogP contribution in [0.1, 0.15) is 17.5 Å². The third kappa shape index (κ3) is 1.75. The van der Waals surface area contributed by atoms with E-state index in [9.17, 15) is 5.11 Å². The lowest BCUT2D eigenvalue weighted by molar-refractivity contribution is 0.144. The highest BCUT2D eigenvalue weighted by atomic mass is 16.5. The highest BCUT2D eigenvalue weighted by Crippen LogP contribution is 2.31. The Morgan fingerprint density at radius 3 is 3.14 bits per heavy atom. The van der Waals surface area contributed by atoms with Gasteiger partial charge in [-0.15, -0.1) is 0 Å². The number of fused-ring (bicyclic) bond motifs is 1. The predicted octanol–water partition coefficient (Wildman–Crippen LogP) is 2.14. The summed E-state index contributed by atoms with van der Waals surface area (Å²) in [6.07, 6.45) is 3.14. The maximum absolute atomic E-state index is 9.64. The number of benzene rings is 1. The van der Waals surface area contributed by atoms with Crippen molar-refractivity contribution >= 4 is 0 Å². The molecule has 1 N–H and O–H groups in total. The molecular weight excluding hydrogens is 176 g/mol. The number of ether oxygens (including phenoxy) is 1. The van der Waals surface area contributed by atoms with Crippen molar-refractivity contribution in [1.82, 2.24) is 0 Å². The summed E-state index contributed by atoms with van der Waals surface area (Å²) in [6.45, 7) is 0.828. The summed E-state index contributed by atoms with van der Waals surface area (Å²) in [4.78, 5) is 0. The number of phenols is 1. The molecular formula is C12H16O2. The zero-order valence-corrected chi connectivity index (χ0v) is 8.49. The van der Waals surface area contributed by atoms with Crippen molar-refractivity contribution in [1.29, 1.82) is 0 Å². The van der Waals surface area contributed by atoms with Crippen molar-refractivity contribution in [3.63, 3.8) is 0 Å². The summed E-state index contributed by atoms with van der Waals surface area (Å²) in [5.74, 6) is 1.08. The largest absolute Gasteiger partial charge is 0.508 e. The van der Waals surface area contributed by atoms with Crippen LogP contribution >= 0.6 is 0 Å². The Kier molecular flexibility index (Phi) is 2.73. The first-order chi connectivity index (χ1) is 6.81. The zero-order valence-electron chi connectivity index (χ0n) is 8.49. The fourth-order valence-electron chi connectivity index (χ4n) is 2.24. The van der Waals surface area contributed by atoms with E-state index in [-0.39, 0.29) is 0 Å². The van der Waals surface area contributed by atoms with Crippen molar-refractivity contribution in [2.75, 3.05) is 13.7 Å². The maximum atomic E-state index is 9.64. The smallest absolute Gasteiger partial charge is 0.119 e. The molecule has 1 aliphatic rings. The van der Waals surface area contributed by atoms with Gasteiger partial charge in [-0.1, -0.05) is 12.1 Å². The number of aromatic hydroxyl groups is 1. The van der Waals surface area contributed by atoms with E-state index in [0.717, 1.165) is 31.4 Å². The lowest BCUT2D eigenvalue weighted by Crippen LogP contribution is -2.18. The van der Waals surface area contributed by atoms with E-state index in [1.54, 1.807) is 13.2 Å². The van der Waals surface area contributed by atoms with E-state index < -0.39 is 0 Å². The summed E-state index contributed by atoms with van der Waals surface area (Å²) in [5, 5.41) is 9.64. The van der Waals surface area contributed by atoms with Gasteiger partial charge in [-0.3, -0.25) is 0 Å². The van der Waals surface area contributed by atoms with Gasteiger partial charge in [-0.2, -0.15) is 0 Å². The Hall–Kier alpha value is -1.02. The summed E-state index contributed by atoms with van der Waals surface area (Å²) >= 11 is 0. The van der Waals surface area contributed by atoms with Gasteiger partial charge in [0.25, 0.3) is 0 Å². The van der Waals surface area contributed by atoms with Crippen LogP contribution in [0.25, 0.3) is 0 Å². The second-order valence-electron chi connectivity index (χ2n) is 3.98. The molecule has 1 aromatic carbocycles. The molecule has 0 bridgehead atoms. The minimum atomic E-state index is 0.457. The van der Waals surface area contributed by atoms with Crippen LogP contribution in [0.15, 0.2) is 18.2 Å². The van der Waals surface area contributed by atoms with E-state index in [1.165, 1.54) is 5.56 Å². The Balaban J connectivity index is 2.18. The van der Waals surface area contributed by atoms with E-state index in [0.29, 0.717) is 11.7 Å². The van der Waals surface area contributed by atoms with Gasteiger partial charge in [0.05, 0.1) is 0 Å². The first-order valence-corrected chi connectivity index (χ1v) is 5.10. The van der Waals surface area contributed by atoms with Gasteiger partial charge < -0.3 is 9.84 Å². The molecule has 0 aliphatic heterocycles. The van der Waals surface area contributed by atoms with Gasteiger partial charge >= 0.3 is 0 Å². The lowest BCUT2D eigenvalue weighted by Gasteiger charge is -2.24. The molecule has 1 aliphatic carbocycles. The molecule has 2 rings (SSSR count). The first-order valence-electron chi connectivity index (χ1n) is 5.10. The number of methoxy groups -OCH3 is 1. The highest BCUT2D eigenvalue weighted by Gasteiger charge is 2.20. The minimum absolute atomic E-state index is 0.457. The summed E-state index contributed by atoms with van der Waals surface area (Å²) in [7, 11) is 1.75. The number of hydrogen-bond donors (Lipinski definition) is 1. The molecule has 0 spiro atoms. The van der Waals surface area contributed by atoms with Crippen LogP contribution in [-0.2, 0) is 17.6 Å². The fourth-order valence-corrected chi connectivity index (χ4v) is 2.24. The Bertz CT molecular complexity index is 320. The monoisotopic (exact) mass is 192 g/mol. The molecule has 14 heavy (non-hydrogen) atoms. The molecule has 1 atom stereocenters. The van der Waals surface area contributed by atoms with Crippen LogP contribution in [-0.4, -0.2) is 18.8 Å². The van der Waals surface area contributed by atoms with Crippen LogP contribution in [0.3, 0.4) is 0 Å². The van der Waals surface area contributed by atoms with E-state index in [2.05, 4.69) is 6.07 Å². The SMILES string of the molecule is COCC1CCc2c(O)cccc2C1. The first kappa shape index (κ1) is 9.53. The Labute approximate surface area is 84.5 Å². The van der Waals surface area contributed by atoms with Crippen molar-refractivity contribution in [3.05, 3.63) is 29.3 Å². The minimum Gasteiger partial charge on any atom is -0.508 e. The average molecular weight is 192 g/mol. The third-order valence-corrected chi connectivity index (χ3v) is 2.96. The molecule has 1 unspecified atom stereocenters. The van der Waals surface area contributed by atoms with Gasteiger partial charge in [0.15, 0.2) is 0 Å². The van der Waals surface area contributed by atoms with Crippen LogP contribution < -0.4 is 0 Å². The molecule has 0 heterocycles.